The molecule has 9 heteroatoms. The fraction of sp³-hybridized carbons (Fsp3) is 0.350. The van der Waals surface area contributed by atoms with Crippen molar-refractivity contribution < 1.29 is 27.4 Å². The Hall–Kier alpha value is -2.94. The van der Waals surface area contributed by atoms with Gasteiger partial charge in [0.25, 0.3) is 0 Å². The third kappa shape index (κ3) is 6.28. The van der Waals surface area contributed by atoms with E-state index in [4.69, 9.17) is 14.2 Å². The molecule has 0 unspecified atom stereocenters. The summed E-state index contributed by atoms with van der Waals surface area (Å²) in [5.74, 6) is 1.10. The molecule has 158 valence electrons. The highest BCUT2D eigenvalue weighted by Gasteiger charge is 2.21. The molecular formula is C20H26N2O6S. The molecule has 0 aliphatic rings. The van der Waals surface area contributed by atoms with E-state index in [1.165, 1.54) is 14.2 Å². The predicted octanol–water partition coefficient (Wildman–Crippen LogP) is 2.90. The number of anilines is 2. The maximum absolute atomic E-state index is 12.5. The van der Waals surface area contributed by atoms with Gasteiger partial charge in [-0.05, 0) is 42.8 Å². The van der Waals surface area contributed by atoms with Crippen molar-refractivity contribution in [1.29, 1.82) is 0 Å². The molecule has 0 saturated carbocycles. The highest BCUT2D eigenvalue weighted by atomic mass is 32.2. The number of methoxy groups -OCH3 is 2. The monoisotopic (exact) mass is 422 g/mol. The van der Waals surface area contributed by atoms with Crippen molar-refractivity contribution in [3.05, 3.63) is 42.5 Å². The molecule has 0 bridgehead atoms. The van der Waals surface area contributed by atoms with Gasteiger partial charge in [0.15, 0.2) is 0 Å². The first kappa shape index (κ1) is 22.4. The molecule has 0 aromatic heterocycles. The SMILES string of the molecule is CCCOc1ccc(N(CC(=O)Nc2ccc(OC)cc2OC)S(C)(=O)=O)cc1. The Bertz CT molecular complexity index is 928. The van der Waals surface area contributed by atoms with Crippen LogP contribution >= 0.6 is 0 Å². The predicted molar refractivity (Wildman–Crippen MR) is 113 cm³/mol. The molecule has 0 radical (unpaired) electrons. The summed E-state index contributed by atoms with van der Waals surface area (Å²) in [5, 5.41) is 2.67. The van der Waals surface area contributed by atoms with E-state index in [1.54, 1.807) is 42.5 Å². The Kier molecular flexibility index (Phi) is 7.72. The number of hydrogen-bond acceptors (Lipinski definition) is 6. The number of sulfonamides is 1. The maximum Gasteiger partial charge on any atom is 0.245 e. The zero-order chi connectivity index (χ0) is 21.4. The summed E-state index contributed by atoms with van der Waals surface area (Å²) in [7, 11) is -0.690. The highest BCUT2D eigenvalue weighted by molar-refractivity contribution is 7.92. The quantitative estimate of drug-likeness (QED) is 0.633. The molecule has 8 nitrogen and oxygen atoms in total. The number of carbonyl (C=O) groups excluding carboxylic acids is 1. The van der Waals surface area contributed by atoms with E-state index >= 15 is 0 Å². The lowest BCUT2D eigenvalue weighted by molar-refractivity contribution is -0.114. The Morgan fingerprint density at radius 3 is 2.24 bits per heavy atom. The van der Waals surface area contributed by atoms with Gasteiger partial charge in [-0.2, -0.15) is 0 Å². The van der Waals surface area contributed by atoms with Gasteiger partial charge in [-0.25, -0.2) is 8.42 Å². The molecule has 1 N–H and O–H groups in total. The molecule has 0 atom stereocenters. The molecule has 0 aliphatic carbocycles. The standard InChI is InChI=1S/C20H26N2O6S/c1-5-12-28-16-8-6-15(7-9-16)22(29(4,24)25)14-20(23)21-18-11-10-17(26-2)13-19(18)27-3/h6-11,13H,5,12,14H2,1-4H3,(H,21,23). The van der Waals surface area contributed by atoms with E-state index < -0.39 is 15.9 Å². The molecular weight excluding hydrogens is 396 g/mol. The normalized spacial score (nSPS) is 10.9. The van der Waals surface area contributed by atoms with Crippen LogP contribution in [0.25, 0.3) is 0 Å². The number of benzene rings is 2. The van der Waals surface area contributed by atoms with Crippen LogP contribution in [0.1, 0.15) is 13.3 Å². The van der Waals surface area contributed by atoms with Crippen LogP contribution in [0.15, 0.2) is 42.5 Å². The van der Waals surface area contributed by atoms with Crippen LogP contribution in [0, 0.1) is 0 Å². The lowest BCUT2D eigenvalue weighted by Crippen LogP contribution is -2.37. The first-order valence-corrected chi connectivity index (χ1v) is 10.9. The minimum atomic E-state index is -3.68. The molecule has 2 aromatic carbocycles. The van der Waals surface area contributed by atoms with Gasteiger partial charge in [0, 0.05) is 6.07 Å². The smallest absolute Gasteiger partial charge is 0.245 e. The van der Waals surface area contributed by atoms with Crippen LogP contribution in [0.3, 0.4) is 0 Å². The lowest BCUT2D eigenvalue weighted by atomic mass is 10.2. The van der Waals surface area contributed by atoms with Gasteiger partial charge in [-0.3, -0.25) is 9.10 Å². The van der Waals surface area contributed by atoms with Gasteiger partial charge in [-0.1, -0.05) is 6.92 Å². The van der Waals surface area contributed by atoms with E-state index in [0.29, 0.717) is 35.2 Å². The van der Waals surface area contributed by atoms with Crippen LogP contribution < -0.4 is 23.8 Å². The number of nitrogens with zero attached hydrogens (tertiary/aromatic N) is 1. The van der Waals surface area contributed by atoms with Gasteiger partial charge in [0.1, 0.15) is 23.8 Å². The minimum Gasteiger partial charge on any atom is -0.497 e. The highest BCUT2D eigenvalue weighted by Crippen LogP contribution is 2.29. The zero-order valence-electron chi connectivity index (χ0n) is 17.0. The Morgan fingerprint density at radius 1 is 1.03 bits per heavy atom. The Labute approximate surface area is 171 Å². The second kappa shape index (κ2) is 10.0. The van der Waals surface area contributed by atoms with Gasteiger partial charge in [0.2, 0.25) is 15.9 Å². The zero-order valence-corrected chi connectivity index (χ0v) is 17.8. The first-order chi connectivity index (χ1) is 13.8. The number of carbonyl (C=O) groups is 1. The molecule has 0 saturated heterocycles. The lowest BCUT2D eigenvalue weighted by Gasteiger charge is -2.22. The summed E-state index contributed by atoms with van der Waals surface area (Å²) in [6.07, 6.45) is 1.92. The summed E-state index contributed by atoms with van der Waals surface area (Å²) < 4.78 is 41.4. The van der Waals surface area contributed by atoms with Gasteiger partial charge >= 0.3 is 0 Å². The largest absolute Gasteiger partial charge is 0.497 e. The second-order valence-electron chi connectivity index (χ2n) is 6.23. The fourth-order valence-electron chi connectivity index (χ4n) is 2.55. The second-order valence-corrected chi connectivity index (χ2v) is 8.13. The average molecular weight is 423 g/mol. The van der Waals surface area contributed by atoms with Crippen molar-refractivity contribution in [3.63, 3.8) is 0 Å². The first-order valence-electron chi connectivity index (χ1n) is 9.01. The van der Waals surface area contributed by atoms with Crippen molar-refractivity contribution in [2.24, 2.45) is 0 Å². The molecule has 0 heterocycles. The number of rotatable bonds is 10. The van der Waals surface area contributed by atoms with Gasteiger partial charge in [-0.15, -0.1) is 0 Å². The van der Waals surface area contributed by atoms with Crippen LogP contribution in [0.2, 0.25) is 0 Å². The summed E-state index contributed by atoms with van der Waals surface area (Å²) in [5.41, 5.74) is 0.781. The molecule has 0 spiro atoms. The van der Waals surface area contributed by atoms with E-state index in [9.17, 15) is 13.2 Å². The van der Waals surface area contributed by atoms with Gasteiger partial charge in [0.05, 0.1) is 38.5 Å². The third-order valence-electron chi connectivity index (χ3n) is 3.97. The molecule has 1 amide bonds. The minimum absolute atomic E-state index is 0.369. The van der Waals surface area contributed by atoms with E-state index in [1.807, 2.05) is 6.92 Å². The van der Waals surface area contributed by atoms with Crippen LogP contribution in [0.5, 0.6) is 17.2 Å². The maximum atomic E-state index is 12.5. The third-order valence-corrected chi connectivity index (χ3v) is 5.11. The fourth-order valence-corrected chi connectivity index (χ4v) is 3.41. The van der Waals surface area contributed by atoms with Crippen molar-refractivity contribution in [3.8, 4) is 17.2 Å². The van der Waals surface area contributed by atoms with Crippen LogP contribution in [-0.4, -0.2) is 48.0 Å². The van der Waals surface area contributed by atoms with Crippen LogP contribution in [-0.2, 0) is 14.8 Å². The molecule has 29 heavy (non-hydrogen) atoms. The number of amides is 1. The summed E-state index contributed by atoms with van der Waals surface area (Å²) >= 11 is 0. The average Bonchev–Trinajstić information content (AvgIpc) is 2.70. The van der Waals surface area contributed by atoms with Crippen molar-refractivity contribution in [1.82, 2.24) is 0 Å². The van der Waals surface area contributed by atoms with E-state index in [0.717, 1.165) is 17.0 Å². The molecule has 0 aliphatic heterocycles. The number of ether oxygens (including phenoxy) is 3. The summed E-state index contributed by atoms with van der Waals surface area (Å²) in [6.45, 7) is 2.18. The number of nitrogens with one attached hydrogen (secondary N) is 1. The Balaban J connectivity index is 2.17. The summed E-state index contributed by atoms with van der Waals surface area (Å²) in [6, 6.07) is 11.5. The summed E-state index contributed by atoms with van der Waals surface area (Å²) in [4.78, 5) is 12.5. The number of hydrogen-bond donors (Lipinski definition) is 1. The Morgan fingerprint density at radius 2 is 1.69 bits per heavy atom. The van der Waals surface area contributed by atoms with Gasteiger partial charge < -0.3 is 19.5 Å². The van der Waals surface area contributed by atoms with Crippen molar-refractivity contribution in [2.75, 3.05) is 43.2 Å². The van der Waals surface area contributed by atoms with Crippen molar-refractivity contribution >= 4 is 27.3 Å². The van der Waals surface area contributed by atoms with E-state index in [-0.39, 0.29) is 6.54 Å². The molecule has 2 aromatic rings. The topological polar surface area (TPSA) is 94.2 Å². The molecule has 2 rings (SSSR count). The van der Waals surface area contributed by atoms with E-state index in [2.05, 4.69) is 5.32 Å². The van der Waals surface area contributed by atoms with Crippen LogP contribution in [0.4, 0.5) is 11.4 Å². The van der Waals surface area contributed by atoms with Crippen molar-refractivity contribution in [2.45, 2.75) is 13.3 Å². The molecule has 0 fully saturated rings.